The van der Waals surface area contributed by atoms with Crippen molar-refractivity contribution in [2.45, 2.75) is 0 Å². The second-order valence-corrected chi connectivity index (χ2v) is 4.15. The molecule has 0 bridgehead atoms. The topological polar surface area (TPSA) is 26.3 Å². The molecule has 0 atom stereocenters. The number of hydrogen-bond donors (Lipinski definition) is 0. The molecule has 2 rings (SSSR count). The van der Waals surface area contributed by atoms with Crippen molar-refractivity contribution < 1.29 is 18.1 Å². The molecule has 0 heterocycles. The van der Waals surface area contributed by atoms with Crippen LogP contribution in [0.1, 0.15) is 15.9 Å². The summed E-state index contributed by atoms with van der Waals surface area (Å²) in [4.78, 5) is 12.2. The Morgan fingerprint density at radius 1 is 1.05 bits per heavy atom. The zero-order valence-electron chi connectivity index (χ0n) is 9.65. The lowest BCUT2D eigenvalue weighted by molar-refractivity contribution is 0.103. The Labute approximate surface area is 114 Å². The van der Waals surface area contributed by atoms with Crippen LogP contribution < -0.4 is 4.65 Å². The van der Waals surface area contributed by atoms with Crippen molar-refractivity contribution in [2.75, 3.05) is 0 Å². The Morgan fingerprint density at radius 3 is 2.32 bits per heavy atom. The summed E-state index contributed by atoms with van der Waals surface area (Å²) in [7, 11) is -2.97. The highest BCUT2D eigenvalue weighted by atomic mass is 35.5. The zero-order valence-corrected chi connectivity index (χ0v) is 10.4. The number of carbonyl (C=O) groups excluding carboxylic acids is 1. The monoisotopic (exact) mass is 280 g/mol. The van der Waals surface area contributed by atoms with Crippen molar-refractivity contribution in [1.82, 2.24) is 0 Å². The van der Waals surface area contributed by atoms with Crippen molar-refractivity contribution in [3.8, 4) is 5.75 Å². The molecule has 2 nitrogen and oxygen atoms in total. The normalized spacial score (nSPS) is 10.1. The molecule has 2 aromatic rings. The van der Waals surface area contributed by atoms with E-state index < -0.39 is 13.3 Å². The number of benzene rings is 2. The van der Waals surface area contributed by atoms with E-state index in [1.165, 1.54) is 30.3 Å². The van der Waals surface area contributed by atoms with E-state index in [0.29, 0.717) is 10.6 Å². The van der Waals surface area contributed by atoms with Crippen LogP contribution in [0.3, 0.4) is 0 Å². The maximum absolute atomic E-state index is 12.3. The average molecular weight is 280 g/mol. The molecule has 0 aliphatic heterocycles. The minimum absolute atomic E-state index is 0.0881. The summed E-state index contributed by atoms with van der Waals surface area (Å²) in [6, 6.07) is 12.1. The smallest absolute Gasteiger partial charge is 0.505 e. The molecule has 0 spiro atoms. The maximum Gasteiger partial charge on any atom is 0.796 e. The van der Waals surface area contributed by atoms with Crippen molar-refractivity contribution in [3.05, 3.63) is 64.7 Å². The number of hydrogen-bond acceptors (Lipinski definition) is 2. The molecule has 2 aromatic carbocycles. The van der Waals surface area contributed by atoms with Crippen LogP contribution >= 0.6 is 11.6 Å². The number of para-hydroxylation sites is 1. The first-order chi connectivity index (χ1) is 9.08. The summed E-state index contributed by atoms with van der Waals surface area (Å²) in [5.74, 6) is -0.537. The number of halogens is 3. The summed E-state index contributed by atoms with van der Waals surface area (Å²) in [5.41, 5.74) is 0.444. The predicted molar refractivity (Wildman–Crippen MR) is 69.9 cm³/mol. The fourth-order valence-electron chi connectivity index (χ4n) is 1.61. The second kappa shape index (κ2) is 5.84. The molecule has 0 saturated carbocycles. The summed E-state index contributed by atoms with van der Waals surface area (Å²) in [6.07, 6.45) is 0. The molecule has 0 aliphatic rings. The third kappa shape index (κ3) is 3.32. The Bertz CT molecular complexity index is 587. The molecule has 6 heteroatoms. The van der Waals surface area contributed by atoms with Gasteiger partial charge in [0.1, 0.15) is 5.75 Å². The maximum atomic E-state index is 12.3. The first-order valence-electron chi connectivity index (χ1n) is 5.42. The van der Waals surface area contributed by atoms with Gasteiger partial charge in [0.2, 0.25) is 0 Å². The van der Waals surface area contributed by atoms with E-state index in [9.17, 15) is 13.4 Å². The fourth-order valence-corrected chi connectivity index (χ4v) is 1.74. The standard InChI is InChI=1S/C13H8BClF2O2/c15-10-7-5-9(6-8-10)13(18)11-3-1-2-4-12(11)19-14(16)17/h1-8H. The van der Waals surface area contributed by atoms with Gasteiger partial charge in [0.15, 0.2) is 5.78 Å². The van der Waals surface area contributed by atoms with E-state index in [-0.39, 0.29) is 11.3 Å². The van der Waals surface area contributed by atoms with E-state index in [2.05, 4.69) is 4.65 Å². The van der Waals surface area contributed by atoms with Gasteiger partial charge in [0.25, 0.3) is 0 Å². The van der Waals surface area contributed by atoms with Gasteiger partial charge in [-0.15, -0.1) is 0 Å². The molecule has 0 aromatic heterocycles. The zero-order chi connectivity index (χ0) is 13.8. The van der Waals surface area contributed by atoms with Crippen LogP contribution in [0, 0.1) is 0 Å². The van der Waals surface area contributed by atoms with E-state index in [1.54, 1.807) is 18.2 Å². The van der Waals surface area contributed by atoms with Gasteiger partial charge in [0.05, 0.1) is 5.56 Å². The first kappa shape index (κ1) is 13.6. The highest BCUT2D eigenvalue weighted by Gasteiger charge is 2.22. The van der Waals surface area contributed by atoms with Gasteiger partial charge in [-0.25, -0.2) is 8.63 Å². The highest BCUT2D eigenvalue weighted by molar-refractivity contribution is 6.35. The SMILES string of the molecule is O=C(c1ccc(Cl)cc1)c1ccccc1OB(F)F. The van der Waals surface area contributed by atoms with Gasteiger partial charge >= 0.3 is 7.47 Å². The van der Waals surface area contributed by atoms with Gasteiger partial charge in [-0.1, -0.05) is 23.7 Å². The van der Waals surface area contributed by atoms with Gasteiger partial charge in [-0.05, 0) is 36.4 Å². The van der Waals surface area contributed by atoms with E-state index in [0.717, 1.165) is 0 Å². The van der Waals surface area contributed by atoms with Crippen LogP contribution in [0.25, 0.3) is 0 Å². The minimum Gasteiger partial charge on any atom is -0.505 e. The molecule has 0 saturated heterocycles. The summed E-state index contributed by atoms with van der Waals surface area (Å²) >= 11 is 5.73. The van der Waals surface area contributed by atoms with Crippen LogP contribution in [0.2, 0.25) is 5.02 Å². The molecule has 0 fully saturated rings. The lowest BCUT2D eigenvalue weighted by Gasteiger charge is -2.08. The molecule has 0 aliphatic carbocycles. The second-order valence-electron chi connectivity index (χ2n) is 3.71. The Morgan fingerprint density at radius 2 is 1.68 bits per heavy atom. The lowest BCUT2D eigenvalue weighted by atomic mass is 10.0. The van der Waals surface area contributed by atoms with E-state index in [1.807, 2.05) is 0 Å². The third-order valence-corrected chi connectivity index (χ3v) is 2.71. The van der Waals surface area contributed by atoms with Crippen LogP contribution in [-0.2, 0) is 0 Å². The molecular formula is C13H8BClF2O2. The van der Waals surface area contributed by atoms with Crippen LogP contribution in [0.15, 0.2) is 48.5 Å². The van der Waals surface area contributed by atoms with Crippen molar-refractivity contribution in [3.63, 3.8) is 0 Å². The summed E-state index contributed by atoms with van der Waals surface area (Å²) < 4.78 is 28.9. The van der Waals surface area contributed by atoms with Gasteiger partial charge in [-0.2, -0.15) is 0 Å². The van der Waals surface area contributed by atoms with Gasteiger partial charge in [0, 0.05) is 10.6 Å². The first-order valence-corrected chi connectivity index (χ1v) is 5.80. The minimum atomic E-state index is -2.97. The van der Waals surface area contributed by atoms with Gasteiger partial charge in [-0.3, -0.25) is 4.79 Å². The molecule has 0 amide bonds. The number of rotatable bonds is 4. The van der Waals surface area contributed by atoms with Crippen molar-refractivity contribution >= 4 is 24.9 Å². The third-order valence-electron chi connectivity index (χ3n) is 2.45. The molecular weight excluding hydrogens is 272 g/mol. The average Bonchev–Trinajstić information content (AvgIpc) is 2.39. The van der Waals surface area contributed by atoms with Crippen molar-refractivity contribution in [2.24, 2.45) is 0 Å². The van der Waals surface area contributed by atoms with Crippen LogP contribution in [0.5, 0.6) is 5.75 Å². The largest absolute Gasteiger partial charge is 0.796 e. The molecule has 0 radical (unpaired) electrons. The van der Waals surface area contributed by atoms with Gasteiger partial charge < -0.3 is 4.65 Å². The number of ketones is 1. The summed E-state index contributed by atoms with van der Waals surface area (Å²) in [6.45, 7) is 0. The predicted octanol–water partition coefficient (Wildman–Crippen LogP) is 3.87. The molecule has 0 unspecified atom stereocenters. The fraction of sp³-hybridized carbons (Fsp3) is 0. The van der Waals surface area contributed by atoms with Crippen molar-refractivity contribution in [1.29, 1.82) is 0 Å². The Balaban J connectivity index is 2.35. The van der Waals surface area contributed by atoms with E-state index >= 15 is 0 Å². The Kier molecular flexibility index (Phi) is 4.17. The molecule has 0 N–H and O–H groups in total. The lowest BCUT2D eigenvalue weighted by Crippen LogP contribution is -2.12. The molecule has 96 valence electrons. The number of carbonyl (C=O) groups is 1. The van der Waals surface area contributed by atoms with Crippen LogP contribution in [-0.4, -0.2) is 13.3 Å². The van der Waals surface area contributed by atoms with Crippen LogP contribution in [0.4, 0.5) is 8.63 Å². The highest BCUT2D eigenvalue weighted by Crippen LogP contribution is 2.23. The van der Waals surface area contributed by atoms with E-state index in [4.69, 9.17) is 11.6 Å². The molecule has 19 heavy (non-hydrogen) atoms. The summed E-state index contributed by atoms with van der Waals surface area (Å²) in [5, 5.41) is 0.494. The quantitative estimate of drug-likeness (QED) is 0.627. The Hall–Kier alpha value is -1.88.